The first kappa shape index (κ1) is 10.4. The molecule has 0 atom stereocenters. The first-order valence-electron chi connectivity index (χ1n) is 3.95. The fraction of sp³-hybridized carbons (Fsp3) is 0.750. The summed E-state index contributed by atoms with van der Waals surface area (Å²) in [4.78, 5) is 0. The maximum absolute atomic E-state index is 2.35. The number of unbranched alkanes of at least 4 members (excludes halogenated alkanes) is 2. The summed E-state index contributed by atoms with van der Waals surface area (Å²) >= 11 is 0. The van der Waals surface area contributed by atoms with Gasteiger partial charge in [0.2, 0.25) is 0 Å². The normalized spacial score (nSPS) is 13.4. The monoisotopic (exact) mass is 178 g/mol. The van der Waals surface area contributed by atoms with Crippen LogP contribution in [0.1, 0.15) is 39.5 Å². The molecule has 0 radical (unpaired) electrons. The molecule has 0 saturated carbocycles. The van der Waals surface area contributed by atoms with Crippen molar-refractivity contribution < 1.29 is 0 Å². The lowest BCUT2D eigenvalue weighted by molar-refractivity contribution is 1.02. The third kappa shape index (κ3) is 8.44. The molecule has 0 rings (SSSR count). The molecule has 62 valence electrons. The highest BCUT2D eigenvalue weighted by Gasteiger charge is 1.70. The van der Waals surface area contributed by atoms with E-state index < -0.39 is 0 Å². The molecule has 0 aromatic heterocycles. The van der Waals surface area contributed by atoms with Gasteiger partial charge in [0.25, 0.3) is 0 Å². The van der Waals surface area contributed by atoms with Crippen molar-refractivity contribution in [1.29, 1.82) is 0 Å². The largest absolute Gasteiger partial charge is 0.156 e. The lowest BCUT2D eigenvalue weighted by Crippen LogP contribution is -1.66. The van der Waals surface area contributed by atoms with Gasteiger partial charge in [-0.3, -0.25) is 0 Å². The summed E-state index contributed by atoms with van der Waals surface area (Å²) in [7, 11) is 2.95. The number of hydrogen-bond donors (Lipinski definition) is 2. The van der Waals surface area contributed by atoms with Crippen LogP contribution >= 0.6 is 20.8 Å². The van der Waals surface area contributed by atoms with E-state index in [2.05, 4.69) is 24.6 Å². The summed E-state index contributed by atoms with van der Waals surface area (Å²) in [6.45, 7) is 4.44. The minimum Gasteiger partial charge on any atom is -0.156 e. The van der Waals surface area contributed by atoms with Crippen molar-refractivity contribution in [3.8, 4) is 0 Å². The molecule has 0 nitrogen and oxygen atoms in total. The van der Waals surface area contributed by atoms with Crippen molar-refractivity contribution in [2.75, 3.05) is 0 Å². The van der Waals surface area contributed by atoms with E-state index in [0.717, 1.165) is 0 Å². The van der Waals surface area contributed by atoms with Crippen LogP contribution in [-0.4, -0.2) is 10.7 Å². The van der Waals surface area contributed by atoms with Crippen molar-refractivity contribution in [2.45, 2.75) is 39.5 Å². The average molecular weight is 178 g/mol. The highest BCUT2D eigenvalue weighted by molar-refractivity contribution is 8.73. The van der Waals surface area contributed by atoms with Gasteiger partial charge in [0.15, 0.2) is 0 Å². The van der Waals surface area contributed by atoms with Gasteiger partial charge in [-0.2, -0.15) is 20.8 Å². The lowest BCUT2D eigenvalue weighted by Gasteiger charge is -1.83. The molecular weight excluding hydrogens is 160 g/mol. The molecule has 0 spiro atoms. The molecule has 0 N–H and O–H groups in total. The molecule has 0 saturated heterocycles. The van der Waals surface area contributed by atoms with Crippen molar-refractivity contribution >= 4 is 31.5 Å². The summed E-state index contributed by atoms with van der Waals surface area (Å²) in [5.41, 5.74) is 0. The SMILES string of the molecule is CCCC=[SH][SH]=CCCC. The fourth-order valence-electron chi connectivity index (χ4n) is 0.468. The number of thiol groups is 2. The quantitative estimate of drug-likeness (QED) is 0.361. The Morgan fingerprint density at radius 1 is 0.900 bits per heavy atom. The van der Waals surface area contributed by atoms with Crippen LogP contribution in [0.2, 0.25) is 0 Å². The molecule has 0 bridgehead atoms. The topological polar surface area (TPSA) is 0 Å². The van der Waals surface area contributed by atoms with E-state index in [4.69, 9.17) is 0 Å². The second-order valence-corrected chi connectivity index (χ2v) is 4.75. The van der Waals surface area contributed by atoms with Crippen LogP contribution in [0.4, 0.5) is 0 Å². The van der Waals surface area contributed by atoms with Crippen molar-refractivity contribution in [3.63, 3.8) is 0 Å². The Morgan fingerprint density at radius 3 is 1.60 bits per heavy atom. The van der Waals surface area contributed by atoms with Gasteiger partial charge < -0.3 is 0 Å². The maximum Gasteiger partial charge on any atom is -0.0293 e. The highest BCUT2D eigenvalue weighted by Crippen LogP contribution is 2.01. The van der Waals surface area contributed by atoms with Gasteiger partial charge >= 0.3 is 0 Å². The minimum absolute atomic E-state index is 1.27. The highest BCUT2D eigenvalue weighted by atomic mass is 33.1. The zero-order valence-corrected chi connectivity index (χ0v) is 8.67. The van der Waals surface area contributed by atoms with Crippen LogP contribution < -0.4 is 0 Å². The van der Waals surface area contributed by atoms with Gasteiger partial charge in [0.1, 0.15) is 0 Å². The molecule has 10 heavy (non-hydrogen) atoms. The van der Waals surface area contributed by atoms with Gasteiger partial charge in [0.05, 0.1) is 0 Å². The zero-order chi connectivity index (χ0) is 7.66. The van der Waals surface area contributed by atoms with E-state index >= 15 is 0 Å². The summed E-state index contributed by atoms with van der Waals surface area (Å²) in [6, 6.07) is 0. The van der Waals surface area contributed by atoms with E-state index in [0.29, 0.717) is 0 Å². The Hall–Kier alpha value is 0.440. The molecule has 2 heteroatoms. The summed E-state index contributed by atoms with van der Waals surface area (Å²) in [5, 5.41) is 4.71. The fourth-order valence-corrected chi connectivity index (χ4v) is 2.66. The molecule has 0 amide bonds. The summed E-state index contributed by atoms with van der Waals surface area (Å²) in [5.74, 6) is 0. The van der Waals surface area contributed by atoms with Crippen molar-refractivity contribution in [2.24, 2.45) is 0 Å². The second-order valence-electron chi connectivity index (χ2n) is 2.17. The van der Waals surface area contributed by atoms with E-state index in [1.54, 1.807) is 0 Å². The Kier molecular flexibility index (Phi) is 9.86. The van der Waals surface area contributed by atoms with Gasteiger partial charge in [-0.25, -0.2) is 0 Å². The van der Waals surface area contributed by atoms with E-state index in [9.17, 15) is 0 Å². The molecule has 0 unspecified atom stereocenters. The predicted molar refractivity (Wildman–Crippen MR) is 59.9 cm³/mol. The molecule has 0 aromatic rings. The number of rotatable bonds is 5. The second kappa shape index (κ2) is 9.44. The smallest absolute Gasteiger partial charge is 0.0293 e. The maximum atomic E-state index is 2.35. The number of hydrogen-bond acceptors (Lipinski definition) is 0. The Balaban J connectivity index is 3.15. The zero-order valence-electron chi connectivity index (χ0n) is 6.88. The molecule has 0 fully saturated rings. The van der Waals surface area contributed by atoms with Crippen LogP contribution in [0.25, 0.3) is 0 Å². The minimum atomic E-state index is 1.27. The molecule has 0 heterocycles. The predicted octanol–water partition coefficient (Wildman–Crippen LogP) is 3.04. The van der Waals surface area contributed by atoms with Crippen LogP contribution in [-0.2, 0) is 0 Å². The third-order valence-corrected chi connectivity index (χ3v) is 3.42. The van der Waals surface area contributed by atoms with Gasteiger partial charge in [-0.15, -0.1) is 0 Å². The van der Waals surface area contributed by atoms with Crippen molar-refractivity contribution in [1.82, 2.24) is 0 Å². The van der Waals surface area contributed by atoms with Crippen LogP contribution in [0, 0.1) is 0 Å². The molecule has 0 aromatic carbocycles. The first-order valence-corrected chi connectivity index (χ1v) is 6.58. The van der Waals surface area contributed by atoms with Crippen molar-refractivity contribution in [3.05, 3.63) is 0 Å². The van der Waals surface area contributed by atoms with Gasteiger partial charge in [-0.05, 0) is 12.8 Å². The van der Waals surface area contributed by atoms with E-state index in [-0.39, 0.29) is 0 Å². The third-order valence-electron chi connectivity index (χ3n) is 1.07. The van der Waals surface area contributed by atoms with Crippen LogP contribution in [0.3, 0.4) is 0 Å². The lowest BCUT2D eigenvalue weighted by atomic mass is 10.4. The van der Waals surface area contributed by atoms with Crippen LogP contribution in [0.5, 0.6) is 0 Å². The van der Waals surface area contributed by atoms with Crippen LogP contribution in [0.15, 0.2) is 0 Å². The molecule has 0 aliphatic heterocycles. The Bertz CT molecular complexity index is 91.8. The summed E-state index contributed by atoms with van der Waals surface area (Å²) in [6.07, 6.45) is 5.12. The van der Waals surface area contributed by atoms with Gasteiger partial charge in [-0.1, -0.05) is 37.4 Å². The summed E-state index contributed by atoms with van der Waals surface area (Å²) < 4.78 is 0. The molecular formula is C8H18S2. The molecule has 0 aliphatic carbocycles. The average Bonchev–Trinajstić information content (AvgIpc) is 1.97. The Labute approximate surface area is 71.3 Å². The first-order chi connectivity index (χ1) is 4.91. The van der Waals surface area contributed by atoms with Gasteiger partial charge in [0, 0.05) is 0 Å². The Morgan fingerprint density at radius 2 is 1.30 bits per heavy atom. The van der Waals surface area contributed by atoms with E-state index in [1.165, 1.54) is 46.4 Å². The van der Waals surface area contributed by atoms with E-state index in [1.807, 2.05) is 0 Å². The standard InChI is InChI=1S/C8H18S2/c1-3-5-7-9-10-8-6-4-2/h7-10H,3-6H2,1-2H3. The molecule has 0 aliphatic rings.